The van der Waals surface area contributed by atoms with Gasteiger partial charge in [0.1, 0.15) is 5.54 Å². The maximum absolute atomic E-state index is 13.8. The van der Waals surface area contributed by atoms with Crippen LogP contribution in [0, 0.1) is 0 Å². The number of para-hydroxylation sites is 1. The fourth-order valence-electron chi connectivity index (χ4n) is 5.60. The minimum atomic E-state index is -1.26. The summed E-state index contributed by atoms with van der Waals surface area (Å²) in [5.74, 6) is -1.29. The molecule has 1 heterocycles. The first-order valence-electron chi connectivity index (χ1n) is 15.1. The highest BCUT2D eigenvalue weighted by Crippen LogP contribution is 2.32. The van der Waals surface area contributed by atoms with E-state index in [2.05, 4.69) is 15.3 Å². The minimum absolute atomic E-state index is 0.177. The third-order valence-corrected chi connectivity index (χ3v) is 7.93. The molecule has 44 heavy (non-hydrogen) atoms. The van der Waals surface area contributed by atoms with Crippen LogP contribution >= 0.6 is 0 Å². The molecule has 0 spiro atoms. The number of hydrogen-bond donors (Lipinski definition) is 2. The molecule has 1 aliphatic rings. The topological polar surface area (TPSA) is 111 Å². The first kappa shape index (κ1) is 30.5. The minimum Gasteiger partial charge on any atom is -0.463 e. The second-order valence-corrected chi connectivity index (χ2v) is 11.6. The summed E-state index contributed by atoms with van der Waals surface area (Å²) < 4.78 is 8.72. The number of nitrogens with one attached hydrogen (secondary N) is 2. The molecule has 1 aromatic heterocycles. The van der Waals surface area contributed by atoms with Crippen LogP contribution in [-0.4, -0.2) is 39.3 Å². The normalized spacial score (nSPS) is 14.1. The number of aromatic nitrogens is 2. The molecule has 2 N–H and O–H groups in total. The van der Waals surface area contributed by atoms with Gasteiger partial charge in [-0.15, -0.1) is 0 Å². The first-order valence-corrected chi connectivity index (χ1v) is 15.1. The van der Waals surface area contributed by atoms with Crippen molar-refractivity contribution in [3.8, 4) is 5.69 Å². The molecule has 4 aromatic rings. The average molecular weight is 595 g/mol. The monoisotopic (exact) mass is 594 g/mol. The van der Waals surface area contributed by atoms with Crippen LogP contribution in [0.1, 0.15) is 74.8 Å². The van der Waals surface area contributed by atoms with Crippen molar-refractivity contribution in [2.75, 3.05) is 11.9 Å². The van der Waals surface area contributed by atoms with Crippen LogP contribution in [0.5, 0.6) is 0 Å². The number of carbonyl (C=O) groups excluding carboxylic acids is 3. The van der Waals surface area contributed by atoms with E-state index in [0.717, 1.165) is 42.5 Å². The number of amides is 2. The van der Waals surface area contributed by atoms with Gasteiger partial charge in [-0.2, -0.15) is 0 Å². The van der Waals surface area contributed by atoms with E-state index >= 15 is 0 Å². The lowest BCUT2D eigenvalue weighted by molar-refractivity contribution is -0.137. The van der Waals surface area contributed by atoms with Crippen molar-refractivity contribution in [1.82, 2.24) is 14.7 Å². The summed E-state index contributed by atoms with van der Waals surface area (Å²) in [4.78, 5) is 51.9. The second kappa shape index (κ2) is 13.2. The van der Waals surface area contributed by atoms with Crippen LogP contribution in [0.25, 0.3) is 22.7 Å². The number of anilines is 1. The molecule has 228 valence electrons. The predicted octanol–water partition coefficient (Wildman–Crippen LogP) is 6.02. The third kappa shape index (κ3) is 6.67. The van der Waals surface area contributed by atoms with E-state index in [1.165, 1.54) is 12.5 Å². The van der Waals surface area contributed by atoms with E-state index in [-0.39, 0.29) is 11.6 Å². The summed E-state index contributed by atoms with van der Waals surface area (Å²) in [5, 5.41) is 6.11. The van der Waals surface area contributed by atoms with E-state index in [1.54, 1.807) is 67.9 Å². The summed E-state index contributed by atoms with van der Waals surface area (Å²) in [5.41, 5.74) is 1.75. The second-order valence-electron chi connectivity index (χ2n) is 11.6. The average Bonchev–Trinajstić information content (AvgIpc) is 3.33. The zero-order valence-corrected chi connectivity index (χ0v) is 25.3. The molecular formula is C35H38N4O5. The number of fused-ring (bicyclic) bond motifs is 1. The van der Waals surface area contributed by atoms with E-state index < -0.39 is 23.3 Å². The molecule has 1 fully saturated rings. The molecule has 5 rings (SSSR count). The molecule has 0 aliphatic heterocycles. The van der Waals surface area contributed by atoms with Crippen molar-refractivity contribution in [2.24, 2.45) is 0 Å². The molecular weight excluding hydrogens is 556 g/mol. The maximum atomic E-state index is 13.8. The Hall–Kier alpha value is -4.92. The molecule has 9 nitrogen and oxygen atoms in total. The van der Waals surface area contributed by atoms with Gasteiger partial charge in [-0.1, -0.05) is 49.6 Å². The van der Waals surface area contributed by atoms with Crippen molar-refractivity contribution in [3.63, 3.8) is 0 Å². The molecule has 0 unspecified atom stereocenters. The number of carbonyl (C=O) groups is 3. The highest BCUT2D eigenvalue weighted by Gasteiger charge is 2.31. The summed E-state index contributed by atoms with van der Waals surface area (Å²) in [6.45, 7) is 5.29. The van der Waals surface area contributed by atoms with Crippen LogP contribution in [0.2, 0.25) is 0 Å². The number of esters is 1. The highest BCUT2D eigenvalue weighted by atomic mass is 16.5. The molecule has 9 heteroatoms. The van der Waals surface area contributed by atoms with E-state index in [9.17, 15) is 19.2 Å². The van der Waals surface area contributed by atoms with Crippen LogP contribution in [-0.2, 0) is 14.3 Å². The van der Waals surface area contributed by atoms with Crippen LogP contribution < -0.4 is 16.2 Å². The summed E-state index contributed by atoms with van der Waals surface area (Å²) in [7, 11) is 0. The SMILES string of the molecule is CCOC(=O)/C=C/c1ccc(NC(=O)C(C)(C)NC(=O)c2ccc3c(c2)c(=O)n(-c2ccccc2)n3C2CCCCC2)cc1. The van der Waals surface area contributed by atoms with E-state index in [1.807, 2.05) is 36.4 Å². The molecule has 3 aromatic carbocycles. The van der Waals surface area contributed by atoms with Gasteiger partial charge in [0.15, 0.2) is 0 Å². The Morgan fingerprint density at radius 3 is 2.34 bits per heavy atom. The molecule has 0 radical (unpaired) electrons. The molecule has 1 aliphatic carbocycles. The zero-order valence-electron chi connectivity index (χ0n) is 25.3. The lowest BCUT2D eigenvalue weighted by Gasteiger charge is -2.27. The van der Waals surface area contributed by atoms with Crippen molar-refractivity contribution in [1.29, 1.82) is 0 Å². The van der Waals surface area contributed by atoms with Gasteiger partial charge in [-0.25, -0.2) is 9.48 Å². The van der Waals surface area contributed by atoms with Crippen molar-refractivity contribution in [3.05, 3.63) is 100 Å². The summed E-state index contributed by atoms with van der Waals surface area (Å²) >= 11 is 0. The number of ether oxygens (including phenoxy) is 1. The largest absolute Gasteiger partial charge is 0.463 e. The van der Waals surface area contributed by atoms with Gasteiger partial charge in [0.25, 0.3) is 11.5 Å². The quantitative estimate of drug-likeness (QED) is 0.182. The van der Waals surface area contributed by atoms with Crippen LogP contribution in [0.3, 0.4) is 0 Å². The fourth-order valence-corrected chi connectivity index (χ4v) is 5.60. The lowest BCUT2D eigenvalue weighted by atomic mass is 9.95. The Bertz CT molecular complexity index is 1740. The standard InChI is InChI=1S/C35H38N4O5/c1-4-44-31(40)22-17-24-15-19-26(20-16-24)36-34(43)35(2,3)37-32(41)25-18-21-30-29(23-25)33(42)39(28-13-9-6-10-14-28)38(30)27-11-7-5-8-12-27/h6,9-10,13-23,27H,4-5,7-8,11-12H2,1-3H3,(H,36,43)(H,37,41)/b22-17+. The Balaban J connectivity index is 1.34. The molecule has 0 bridgehead atoms. The molecule has 0 saturated heterocycles. The molecule has 2 amide bonds. The Morgan fingerprint density at radius 2 is 1.66 bits per heavy atom. The van der Waals surface area contributed by atoms with Gasteiger partial charge < -0.3 is 15.4 Å². The van der Waals surface area contributed by atoms with Gasteiger partial charge in [0.2, 0.25) is 5.91 Å². The number of benzene rings is 3. The van der Waals surface area contributed by atoms with Gasteiger partial charge in [0.05, 0.1) is 29.2 Å². The van der Waals surface area contributed by atoms with Gasteiger partial charge >= 0.3 is 5.97 Å². The van der Waals surface area contributed by atoms with Crippen LogP contribution in [0.4, 0.5) is 5.69 Å². The fraction of sp³-hybridized carbons (Fsp3) is 0.314. The van der Waals surface area contributed by atoms with Gasteiger partial charge in [0, 0.05) is 17.3 Å². The molecule has 1 saturated carbocycles. The maximum Gasteiger partial charge on any atom is 0.330 e. The van der Waals surface area contributed by atoms with Gasteiger partial charge in [-0.3, -0.25) is 19.1 Å². The first-order chi connectivity index (χ1) is 21.2. The Morgan fingerprint density at radius 1 is 0.955 bits per heavy atom. The third-order valence-electron chi connectivity index (χ3n) is 7.93. The summed E-state index contributed by atoms with van der Waals surface area (Å²) in [6.07, 6.45) is 8.38. The van der Waals surface area contributed by atoms with Gasteiger partial charge in [-0.05, 0) is 87.7 Å². The van der Waals surface area contributed by atoms with E-state index in [4.69, 9.17) is 4.74 Å². The zero-order chi connectivity index (χ0) is 31.3. The lowest BCUT2D eigenvalue weighted by Crippen LogP contribution is -2.52. The number of hydrogen-bond acceptors (Lipinski definition) is 5. The van der Waals surface area contributed by atoms with Crippen molar-refractivity contribution >= 4 is 40.4 Å². The highest BCUT2D eigenvalue weighted by molar-refractivity contribution is 6.04. The van der Waals surface area contributed by atoms with Crippen molar-refractivity contribution in [2.45, 2.75) is 64.5 Å². The van der Waals surface area contributed by atoms with E-state index in [0.29, 0.717) is 23.2 Å². The van der Waals surface area contributed by atoms with Crippen molar-refractivity contribution < 1.29 is 19.1 Å². The summed E-state index contributed by atoms with van der Waals surface area (Å²) in [6, 6.07) is 21.9. The Labute approximate surface area is 256 Å². The smallest absolute Gasteiger partial charge is 0.330 e. The van der Waals surface area contributed by atoms with Crippen LogP contribution in [0.15, 0.2) is 83.7 Å². The molecule has 0 atom stereocenters. The predicted molar refractivity (Wildman–Crippen MR) is 172 cm³/mol. The Kier molecular flexibility index (Phi) is 9.13. The number of nitrogens with zero attached hydrogens (tertiary/aromatic N) is 2. The number of rotatable bonds is 9.